The zero-order valence-electron chi connectivity index (χ0n) is 16.9. The number of aryl methyl sites for hydroxylation is 1. The summed E-state index contributed by atoms with van der Waals surface area (Å²) in [7, 11) is 0. The van der Waals surface area contributed by atoms with E-state index in [1.807, 2.05) is 17.9 Å². The van der Waals surface area contributed by atoms with E-state index in [9.17, 15) is 14.4 Å². The third-order valence-electron chi connectivity index (χ3n) is 7.27. The molecule has 7 nitrogen and oxygen atoms in total. The van der Waals surface area contributed by atoms with Crippen LogP contribution in [0, 0.1) is 24.7 Å². The van der Waals surface area contributed by atoms with E-state index in [0.29, 0.717) is 37.7 Å². The molecule has 7 heteroatoms. The highest BCUT2D eigenvalue weighted by molar-refractivity contribution is 5.93. The van der Waals surface area contributed by atoms with Crippen molar-refractivity contribution in [3.63, 3.8) is 0 Å². The minimum atomic E-state index is -0.0569. The van der Waals surface area contributed by atoms with E-state index in [-0.39, 0.29) is 41.6 Å². The molecule has 3 saturated heterocycles. The van der Waals surface area contributed by atoms with Crippen LogP contribution >= 0.6 is 0 Å². The number of likely N-dealkylation sites (tertiary alicyclic amines) is 1. The van der Waals surface area contributed by atoms with Crippen molar-refractivity contribution in [1.29, 1.82) is 0 Å². The lowest BCUT2D eigenvalue weighted by atomic mass is 9.72. The fraction of sp³-hybridized carbons (Fsp3) is 0.682. The smallest absolute Gasteiger partial charge is 0.289 e. The maximum Gasteiger partial charge on any atom is 0.289 e. The molecule has 1 N–H and O–H groups in total. The van der Waals surface area contributed by atoms with Crippen LogP contribution < -0.4 is 5.32 Å². The number of hydrogen-bond donors (Lipinski definition) is 1. The van der Waals surface area contributed by atoms with Crippen molar-refractivity contribution >= 4 is 17.7 Å². The van der Waals surface area contributed by atoms with Crippen molar-refractivity contribution in [3.05, 3.63) is 23.7 Å². The normalized spacial score (nSPS) is 31.4. The molecule has 1 saturated carbocycles. The summed E-state index contributed by atoms with van der Waals surface area (Å²) in [5, 5.41) is 3.10. The Kier molecular flexibility index (Phi) is 4.63. The first-order chi connectivity index (χ1) is 14.0. The molecule has 0 radical (unpaired) electrons. The number of carbonyl (C=O) groups excluding carboxylic acids is 3. The summed E-state index contributed by atoms with van der Waals surface area (Å²) in [5.74, 6) is 1.33. The molecule has 1 aromatic heterocycles. The number of nitrogens with zero attached hydrogens (tertiary/aromatic N) is 2. The minimum Gasteiger partial charge on any atom is -0.459 e. The van der Waals surface area contributed by atoms with Crippen LogP contribution in [0.3, 0.4) is 0 Å². The third kappa shape index (κ3) is 3.34. The summed E-state index contributed by atoms with van der Waals surface area (Å²) in [6.07, 6.45) is 7.00. The van der Waals surface area contributed by atoms with Gasteiger partial charge in [0.1, 0.15) is 0 Å². The van der Waals surface area contributed by atoms with Crippen LogP contribution in [-0.2, 0) is 9.59 Å². The number of piperidine rings is 3. The lowest BCUT2D eigenvalue weighted by Gasteiger charge is -2.56. The second-order valence-corrected chi connectivity index (χ2v) is 9.25. The Balaban J connectivity index is 1.38. The number of furan rings is 1. The molecule has 2 bridgehead atoms. The number of amides is 3. The first-order valence-corrected chi connectivity index (χ1v) is 10.9. The zero-order chi connectivity index (χ0) is 20.1. The second kappa shape index (κ2) is 7.18. The molecule has 156 valence electrons. The molecular formula is C22H29N3O4. The Bertz CT molecular complexity index is 830. The molecule has 4 atom stereocenters. The third-order valence-corrected chi connectivity index (χ3v) is 7.27. The summed E-state index contributed by atoms with van der Waals surface area (Å²) in [6.45, 7) is 3.66. The Morgan fingerprint density at radius 2 is 2.00 bits per heavy atom. The van der Waals surface area contributed by atoms with Gasteiger partial charge in [-0.2, -0.15) is 0 Å². The molecule has 1 aromatic rings. The van der Waals surface area contributed by atoms with Gasteiger partial charge in [0, 0.05) is 43.6 Å². The van der Waals surface area contributed by atoms with Gasteiger partial charge >= 0.3 is 0 Å². The van der Waals surface area contributed by atoms with Crippen molar-refractivity contribution in [2.75, 3.05) is 19.6 Å². The average molecular weight is 399 g/mol. The van der Waals surface area contributed by atoms with Crippen molar-refractivity contribution in [1.82, 2.24) is 15.1 Å². The van der Waals surface area contributed by atoms with Gasteiger partial charge in [-0.1, -0.05) is 0 Å². The summed E-state index contributed by atoms with van der Waals surface area (Å²) in [4.78, 5) is 42.1. The van der Waals surface area contributed by atoms with Crippen molar-refractivity contribution < 1.29 is 18.8 Å². The molecule has 3 amide bonds. The lowest BCUT2D eigenvalue weighted by Crippen LogP contribution is -2.67. The molecule has 0 aromatic carbocycles. The number of carbonyl (C=O) groups is 3. The summed E-state index contributed by atoms with van der Waals surface area (Å²) < 4.78 is 5.45. The van der Waals surface area contributed by atoms with E-state index in [2.05, 4.69) is 10.2 Å². The van der Waals surface area contributed by atoms with Crippen molar-refractivity contribution in [2.45, 2.75) is 57.5 Å². The number of rotatable bonds is 4. The van der Waals surface area contributed by atoms with E-state index >= 15 is 0 Å². The Morgan fingerprint density at radius 3 is 2.72 bits per heavy atom. The van der Waals surface area contributed by atoms with Gasteiger partial charge < -0.3 is 19.5 Å². The number of fused-ring (bicyclic) bond motifs is 4. The predicted molar refractivity (Wildman–Crippen MR) is 105 cm³/mol. The fourth-order valence-electron chi connectivity index (χ4n) is 5.63. The van der Waals surface area contributed by atoms with Crippen LogP contribution in [0.5, 0.6) is 0 Å². The van der Waals surface area contributed by atoms with Gasteiger partial charge in [-0.3, -0.25) is 14.4 Å². The maximum absolute atomic E-state index is 13.1. The highest BCUT2D eigenvalue weighted by atomic mass is 16.3. The monoisotopic (exact) mass is 399 g/mol. The molecule has 4 fully saturated rings. The lowest BCUT2D eigenvalue weighted by molar-refractivity contribution is -0.152. The van der Waals surface area contributed by atoms with Crippen LogP contribution in [0.15, 0.2) is 16.7 Å². The Hall–Kier alpha value is -2.31. The number of nitrogens with one attached hydrogen (secondary N) is 1. The molecule has 29 heavy (non-hydrogen) atoms. The maximum atomic E-state index is 13.1. The van der Waals surface area contributed by atoms with Crippen molar-refractivity contribution in [2.24, 2.45) is 17.8 Å². The van der Waals surface area contributed by atoms with Crippen LogP contribution in [0.1, 0.15) is 54.6 Å². The zero-order valence-corrected chi connectivity index (χ0v) is 16.9. The highest BCUT2D eigenvalue weighted by Gasteiger charge is 2.50. The van der Waals surface area contributed by atoms with Gasteiger partial charge in [0.25, 0.3) is 5.91 Å². The summed E-state index contributed by atoms with van der Waals surface area (Å²) >= 11 is 0. The van der Waals surface area contributed by atoms with Crippen LogP contribution in [0.2, 0.25) is 0 Å². The van der Waals surface area contributed by atoms with Gasteiger partial charge in [0.2, 0.25) is 11.8 Å². The van der Waals surface area contributed by atoms with E-state index in [1.165, 1.54) is 0 Å². The van der Waals surface area contributed by atoms with Crippen molar-refractivity contribution in [3.8, 4) is 0 Å². The van der Waals surface area contributed by atoms with Gasteiger partial charge in [-0.25, -0.2) is 0 Å². The molecule has 0 unspecified atom stereocenters. The Labute approximate surface area is 170 Å². The molecule has 1 aliphatic carbocycles. The first-order valence-electron chi connectivity index (χ1n) is 10.9. The molecule has 4 heterocycles. The van der Waals surface area contributed by atoms with Gasteiger partial charge in [-0.05, 0) is 56.9 Å². The number of hydrogen-bond acceptors (Lipinski definition) is 4. The second-order valence-electron chi connectivity index (χ2n) is 9.25. The highest BCUT2D eigenvalue weighted by Crippen LogP contribution is 2.42. The van der Waals surface area contributed by atoms with Gasteiger partial charge in [0.15, 0.2) is 5.76 Å². The van der Waals surface area contributed by atoms with E-state index in [4.69, 9.17) is 4.42 Å². The quantitative estimate of drug-likeness (QED) is 0.839. The van der Waals surface area contributed by atoms with Gasteiger partial charge in [-0.15, -0.1) is 0 Å². The average Bonchev–Trinajstić information content (AvgIpc) is 3.48. The SMILES string of the molecule is Cc1ccoc1C(=O)N1C[C@H]2C[C@@H](C1)[C@H](CNC(=O)C1CC1)N1C(=O)CCC[C@@H]21. The molecule has 4 aliphatic rings. The van der Waals surface area contributed by atoms with E-state index < -0.39 is 0 Å². The Morgan fingerprint density at radius 1 is 1.21 bits per heavy atom. The predicted octanol–water partition coefficient (Wildman–Crippen LogP) is 1.96. The molecule has 5 rings (SSSR count). The van der Waals surface area contributed by atoms with Gasteiger partial charge in [0.05, 0.1) is 12.3 Å². The standard InChI is InChI=1S/C22H29N3O4/c1-13-7-8-29-20(13)22(28)24-11-15-9-16(12-24)18(10-23-21(27)14-5-6-14)25-17(15)3-2-4-19(25)26/h7-8,14-18H,2-6,9-12H2,1H3,(H,23,27)/t15-,16+,17+,18+/m1/s1. The summed E-state index contributed by atoms with van der Waals surface area (Å²) in [6, 6.07) is 1.96. The molecular weight excluding hydrogens is 370 g/mol. The van der Waals surface area contributed by atoms with E-state index in [0.717, 1.165) is 37.7 Å². The van der Waals surface area contributed by atoms with E-state index in [1.54, 1.807) is 6.26 Å². The fourth-order valence-corrected chi connectivity index (χ4v) is 5.63. The topological polar surface area (TPSA) is 82.9 Å². The first kappa shape index (κ1) is 18.7. The van der Waals surface area contributed by atoms with Crippen LogP contribution in [-0.4, -0.2) is 59.2 Å². The molecule has 0 spiro atoms. The van der Waals surface area contributed by atoms with Crippen LogP contribution in [0.4, 0.5) is 0 Å². The molecule has 3 aliphatic heterocycles. The summed E-state index contributed by atoms with van der Waals surface area (Å²) in [5.41, 5.74) is 0.855. The minimum absolute atomic E-state index is 0.0277. The largest absolute Gasteiger partial charge is 0.459 e. The van der Waals surface area contributed by atoms with Crippen LogP contribution in [0.25, 0.3) is 0 Å².